The monoisotopic (exact) mass is 415 g/mol. The normalized spacial score (nSPS) is 29.3. The minimum absolute atomic E-state index is 0.0319. The van der Waals surface area contributed by atoms with Crippen molar-refractivity contribution >= 4 is 0 Å². The van der Waals surface area contributed by atoms with Gasteiger partial charge < -0.3 is 29.4 Å². The average Bonchev–Trinajstić information content (AvgIpc) is 3.16. The molecule has 2 rings (SSSR count). The molecule has 2 aliphatic heterocycles. The van der Waals surface area contributed by atoms with E-state index in [1.54, 1.807) is 7.11 Å². The predicted molar refractivity (Wildman–Crippen MR) is 115 cm³/mol. The van der Waals surface area contributed by atoms with E-state index in [0.717, 1.165) is 13.0 Å². The Bertz CT molecular complexity index is 433. The Labute approximate surface area is 178 Å². The van der Waals surface area contributed by atoms with Crippen molar-refractivity contribution in [2.75, 3.05) is 20.3 Å². The number of aliphatic hydroxyl groups excluding tert-OH is 1. The van der Waals surface area contributed by atoms with Gasteiger partial charge in [0.1, 0.15) is 18.3 Å². The van der Waals surface area contributed by atoms with Gasteiger partial charge in [0.05, 0.1) is 0 Å². The maximum atomic E-state index is 9.52. The Hall–Kier alpha value is -0.240. The van der Waals surface area contributed by atoms with Crippen LogP contribution >= 0.6 is 0 Å². The fourth-order valence-electron chi connectivity index (χ4n) is 4.52. The van der Waals surface area contributed by atoms with E-state index in [2.05, 4.69) is 12.2 Å². The maximum absolute atomic E-state index is 9.52. The summed E-state index contributed by atoms with van der Waals surface area (Å²) >= 11 is 0. The van der Waals surface area contributed by atoms with Gasteiger partial charge in [-0.3, -0.25) is 0 Å². The first-order valence-electron chi connectivity index (χ1n) is 11.9. The molecule has 5 atom stereocenters. The summed E-state index contributed by atoms with van der Waals surface area (Å²) in [7, 11) is 1.69. The molecule has 0 bridgehead atoms. The molecule has 172 valence electrons. The van der Waals surface area contributed by atoms with Gasteiger partial charge in [0.2, 0.25) is 0 Å². The summed E-state index contributed by atoms with van der Waals surface area (Å²) in [6.45, 7) is 7.10. The van der Waals surface area contributed by atoms with Crippen LogP contribution in [0.2, 0.25) is 0 Å². The van der Waals surface area contributed by atoms with Crippen molar-refractivity contribution in [1.82, 2.24) is 5.32 Å². The summed E-state index contributed by atoms with van der Waals surface area (Å²) in [5, 5.41) is 13.1. The van der Waals surface area contributed by atoms with Gasteiger partial charge in [-0.25, -0.2) is 0 Å². The summed E-state index contributed by atoms with van der Waals surface area (Å²) in [6, 6.07) is 0.0319. The quantitative estimate of drug-likeness (QED) is 0.369. The van der Waals surface area contributed by atoms with Gasteiger partial charge >= 0.3 is 0 Å². The Morgan fingerprint density at radius 2 is 1.59 bits per heavy atom. The molecule has 2 N–H and O–H groups in total. The first kappa shape index (κ1) is 25.0. The number of aliphatic hydroxyl groups is 1. The van der Waals surface area contributed by atoms with Crippen molar-refractivity contribution in [3.63, 3.8) is 0 Å². The molecule has 2 saturated heterocycles. The zero-order valence-corrected chi connectivity index (χ0v) is 19.2. The number of unbranched alkanes of at least 4 members (excludes halogenated alkanes) is 9. The average molecular weight is 416 g/mol. The van der Waals surface area contributed by atoms with Crippen molar-refractivity contribution < 1.29 is 24.1 Å². The van der Waals surface area contributed by atoms with Gasteiger partial charge in [0.15, 0.2) is 12.1 Å². The summed E-state index contributed by atoms with van der Waals surface area (Å²) in [4.78, 5) is 0. The summed E-state index contributed by atoms with van der Waals surface area (Å²) in [5.74, 6) is -0.646. The van der Waals surface area contributed by atoms with E-state index < -0.39 is 12.1 Å². The Morgan fingerprint density at radius 1 is 0.966 bits per heavy atom. The SMILES string of the molecule is CCCCCCCCCCCCN[C@@H](CCO)[C@H]1O[C@@H]2OC(C)(C)O[C@@H]2[C@H]1OC. The highest BCUT2D eigenvalue weighted by Crippen LogP contribution is 2.39. The van der Waals surface area contributed by atoms with Crippen molar-refractivity contribution in [1.29, 1.82) is 0 Å². The Kier molecular flexibility index (Phi) is 11.4. The molecule has 0 spiro atoms. The molecule has 0 aromatic carbocycles. The highest BCUT2D eigenvalue weighted by molar-refractivity contribution is 4.98. The third-order valence-electron chi connectivity index (χ3n) is 6.07. The van der Waals surface area contributed by atoms with E-state index >= 15 is 0 Å². The van der Waals surface area contributed by atoms with Crippen LogP contribution in [0.25, 0.3) is 0 Å². The lowest BCUT2D eigenvalue weighted by atomic mass is 10.0. The van der Waals surface area contributed by atoms with Gasteiger partial charge in [-0.1, -0.05) is 64.7 Å². The van der Waals surface area contributed by atoms with E-state index in [1.807, 2.05) is 13.8 Å². The van der Waals surface area contributed by atoms with Gasteiger partial charge in [0, 0.05) is 19.8 Å². The minimum atomic E-state index is -0.646. The molecule has 0 aliphatic carbocycles. The molecule has 2 aliphatic rings. The van der Waals surface area contributed by atoms with Gasteiger partial charge in [-0.2, -0.15) is 0 Å². The van der Waals surface area contributed by atoms with Crippen LogP contribution in [0, 0.1) is 0 Å². The summed E-state index contributed by atoms with van der Waals surface area (Å²) in [6.07, 6.45) is 12.9. The van der Waals surface area contributed by atoms with E-state index in [-0.39, 0.29) is 31.0 Å². The van der Waals surface area contributed by atoms with Gasteiger partial charge in [0.25, 0.3) is 0 Å². The molecule has 2 heterocycles. The summed E-state index contributed by atoms with van der Waals surface area (Å²) in [5.41, 5.74) is 0. The molecular formula is C23H45NO5. The lowest BCUT2D eigenvalue weighted by Crippen LogP contribution is -2.49. The van der Waals surface area contributed by atoms with Gasteiger partial charge in [-0.15, -0.1) is 0 Å². The minimum Gasteiger partial charge on any atom is -0.396 e. The molecule has 29 heavy (non-hydrogen) atoms. The third-order valence-corrected chi connectivity index (χ3v) is 6.07. The molecule has 0 aromatic rings. The molecule has 0 radical (unpaired) electrons. The van der Waals surface area contributed by atoms with Crippen LogP contribution in [0.5, 0.6) is 0 Å². The van der Waals surface area contributed by atoms with Crippen molar-refractivity contribution in [2.24, 2.45) is 0 Å². The number of ether oxygens (including phenoxy) is 4. The molecule has 6 nitrogen and oxygen atoms in total. The lowest BCUT2D eigenvalue weighted by molar-refractivity contribution is -0.220. The number of rotatable bonds is 16. The highest BCUT2D eigenvalue weighted by Gasteiger charge is 2.56. The van der Waals surface area contributed by atoms with Gasteiger partial charge in [-0.05, 0) is 33.2 Å². The first-order chi connectivity index (χ1) is 14.0. The van der Waals surface area contributed by atoms with Crippen molar-refractivity contribution in [3.8, 4) is 0 Å². The van der Waals surface area contributed by atoms with E-state index in [9.17, 15) is 5.11 Å². The Balaban J connectivity index is 1.63. The highest BCUT2D eigenvalue weighted by atomic mass is 16.8. The lowest BCUT2D eigenvalue weighted by Gasteiger charge is -2.30. The van der Waals surface area contributed by atoms with Crippen LogP contribution in [-0.2, 0) is 18.9 Å². The molecule has 0 aromatic heterocycles. The Morgan fingerprint density at radius 3 is 2.17 bits per heavy atom. The van der Waals surface area contributed by atoms with Crippen LogP contribution in [0.15, 0.2) is 0 Å². The van der Waals surface area contributed by atoms with Crippen LogP contribution in [0.1, 0.15) is 91.4 Å². The second-order valence-electron chi connectivity index (χ2n) is 9.02. The smallest absolute Gasteiger partial charge is 0.190 e. The van der Waals surface area contributed by atoms with Crippen LogP contribution in [0.3, 0.4) is 0 Å². The topological polar surface area (TPSA) is 69.2 Å². The molecule has 0 saturated carbocycles. The zero-order chi connectivity index (χ0) is 21.1. The molecular weight excluding hydrogens is 370 g/mol. The van der Waals surface area contributed by atoms with E-state index in [4.69, 9.17) is 18.9 Å². The fourth-order valence-corrected chi connectivity index (χ4v) is 4.52. The number of methoxy groups -OCH3 is 1. The van der Waals surface area contributed by atoms with Crippen LogP contribution in [0.4, 0.5) is 0 Å². The number of fused-ring (bicyclic) bond motifs is 1. The van der Waals surface area contributed by atoms with E-state index in [0.29, 0.717) is 6.42 Å². The fraction of sp³-hybridized carbons (Fsp3) is 1.00. The second-order valence-corrected chi connectivity index (χ2v) is 9.02. The second kappa shape index (κ2) is 13.2. The molecule has 0 amide bonds. The standard InChI is InChI=1S/C23H45NO5/c1-5-6-7-8-9-10-11-12-13-14-16-24-18(15-17-25)19-20(26-4)21-22(27-19)29-23(2,3)28-21/h18-22,24-25H,5-17H2,1-4H3/t18-,19+,20-,21+,22+/m0/s1. The van der Waals surface area contributed by atoms with E-state index in [1.165, 1.54) is 57.8 Å². The number of hydrogen-bond donors (Lipinski definition) is 2. The zero-order valence-electron chi connectivity index (χ0n) is 19.2. The number of nitrogens with one attached hydrogen (secondary N) is 1. The van der Waals surface area contributed by atoms with Crippen molar-refractivity contribution in [3.05, 3.63) is 0 Å². The molecule has 0 unspecified atom stereocenters. The van der Waals surface area contributed by atoms with Crippen LogP contribution < -0.4 is 5.32 Å². The molecule has 6 heteroatoms. The number of hydrogen-bond acceptors (Lipinski definition) is 6. The largest absolute Gasteiger partial charge is 0.396 e. The predicted octanol–water partition coefficient (Wildman–Crippen LogP) is 4.14. The van der Waals surface area contributed by atoms with Crippen molar-refractivity contribution in [2.45, 2.75) is 128 Å². The maximum Gasteiger partial charge on any atom is 0.190 e. The third kappa shape index (κ3) is 8.08. The summed E-state index contributed by atoms with van der Waals surface area (Å²) < 4.78 is 23.7. The molecule has 2 fully saturated rings. The van der Waals surface area contributed by atoms with Crippen LogP contribution in [-0.4, -0.2) is 61.8 Å². The first-order valence-corrected chi connectivity index (χ1v) is 11.9.